The van der Waals surface area contributed by atoms with Gasteiger partial charge in [-0.15, -0.1) is 0 Å². The van der Waals surface area contributed by atoms with E-state index in [0.29, 0.717) is 5.54 Å². The molecule has 1 heterocycles. The largest absolute Gasteiger partial charge is 0.329 e. The summed E-state index contributed by atoms with van der Waals surface area (Å²) in [4.78, 5) is 2.86. The lowest BCUT2D eigenvalue weighted by molar-refractivity contribution is -0.0159. The van der Waals surface area contributed by atoms with Gasteiger partial charge in [0.15, 0.2) is 0 Å². The van der Waals surface area contributed by atoms with E-state index in [1.807, 2.05) is 0 Å². The van der Waals surface area contributed by atoms with Crippen molar-refractivity contribution in [3.05, 3.63) is 0 Å². The zero-order valence-corrected chi connectivity index (χ0v) is 11.3. The first-order valence-electron chi connectivity index (χ1n) is 7.77. The summed E-state index contributed by atoms with van der Waals surface area (Å²) in [6.07, 6.45) is 11.4. The van der Waals surface area contributed by atoms with Crippen LogP contribution in [-0.4, -0.2) is 29.6 Å². The molecule has 0 radical (unpaired) electrons. The molecule has 0 amide bonds. The third-order valence-corrected chi connectivity index (χ3v) is 5.97. The Balaban J connectivity index is 1.84. The second-order valence-electron chi connectivity index (χ2n) is 6.64. The van der Waals surface area contributed by atoms with Crippen LogP contribution < -0.4 is 5.73 Å². The van der Waals surface area contributed by atoms with Crippen LogP contribution >= 0.6 is 0 Å². The van der Waals surface area contributed by atoms with Crippen molar-refractivity contribution in [3.63, 3.8) is 0 Å². The minimum atomic E-state index is 0.407. The Morgan fingerprint density at radius 2 is 2.12 bits per heavy atom. The fourth-order valence-corrected chi connectivity index (χ4v) is 5.15. The Morgan fingerprint density at radius 3 is 2.71 bits per heavy atom. The van der Waals surface area contributed by atoms with Crippen LogP contribution in [0.25, 0.3) is 0 Å². The van der Waals surface area contributed by atoms with Gasteiger partial charge in [0.2, 0.25) is 0 Å². The normalized spacial score (nSPS) is 46.6. The lowest BCUT2D eigenvalue weighted by atomic mass is 9.77. The molecule has 17 heavy (non-hydrogen) atoms. The first-order chi connectivity index (χ1) is 8.30. The van der Waals surface area contributed by atoms with Gasteiger partial charge >= 0.3 is 0 Å². The molecule has 3 rings (SSSR count). The van der Waals surface area contributed by atoms with E-state index in [9.17, 15) is 0 Å². The van der Waals surface area contributed by atoms with Gasteiger partial charge in [-0.1, -0.05) is 19.8 Å². The Bertz CT molecular complexity index is 278. The van der Waals surface area contributed by atoms with Gasteiger partial charge in [-0.25, -0.2) is 0 Å². The summed E-state index contributed by atoms with van der Waals surface area (Å²) in [5.41, 5.74) is 6.67. The van der Waals surface area contributed by atoms with Crippen LogP contribution in [-0.2, 0) is 0 Å². The molecule has 4 atom stereocenters. The molecule has 2 N–H and O–H groups in total. The second kappa shape index (κ2) is 4.55. The van der Waals surface area contributed by atoms with Crippen LogP contribution in [0.5, 0.6) is 0 Å². The maximum atomic E-state index is 6.26. The van der Waals surface area contributed by atoms with Gasteiger partial charge in [0, 0.05) is 18.1 Å². The van der Waals surface area contributed by atoms with Gasteiger partial charge < -0.3 is 5.73 Å². The highest BCUT2D eigenvalue weighted by Gasteiger charge is 2.54. The molecule has 1 aliphatic heterocycles. The van der Waals surface area contributed by atoms with E-state index in [1.54, 1.807) is 0 Å². The summed E-state index contributed by atoms with van der Waals surface area (Å²) in [6.45, 7) is 4.59. The zero-order valence-electron chi connectivity index (χ0n) is 11.3. The zero-order chi connectivity index (χ0) is 11.9. The molecule has 0 aromatic heterocycles. The minimum Gasteiger partial charge on any atom is -0.329 e. The van der Waals surface area contributed by atoms with Gasteiger partial charge in [-0.3, -0.25) is 4.90 Å². The highest BCUT2D eigenvalue weighted by molar-refractivity contribution is 5.09. The molecule has 2 bridgehead atoms. The van der Waals surface area contributed by atoms with Crippen molar-refractivity contribution < 1.29 is 0 Å². The van der Waals surface area contributed by atoms with Crippen LogP contribution in [0.2, 0.25) is 0 Å². The number of fused-ring (bicyclic) bond motifs is 2. The maximum absolute atomic E-state index is 6.26. The Morgan fingerprint density at radius 1 is 1.24 bits per heavy atom. The molecule has 0 aromatic rings. The summed E-state index contributed by atoms with van der Waals surface area (Å²) in [5, 5.41) is 0. The van der Waals surface area contributed by atoms with E-state index in [0.717, 1.165) is 24.4 Å². The van der Waals surface area contributed by atoms with Crippen LogP contribution in [0.3, 0.4) is 0 Å². The van der Waals surface area contributed by atoms with Crippen LogP contribution in [0.15, 0.2) is 0 Å². The number of piperidine rings is 1. The second-order valence-corrected chi connectivity index (χ2v) is 6.64. The van der Waals surface area contributed by atoms with Crippen molar-refractivity contribution in [3.8, 4) is 0 Å². The first kappa shape index (κ1) is 12.0. The Kier molecular flexibility index (Phi) is 3.20. The van der Waals surface area contributed by atoms with Crippen LogP contribution in [0, 0.1) is 11.8 Å². The standard InChI is InChI=1S/C15H28N2/c1-2-14-5-3-4-8-17(14)15(11-16)10-12-6-7-13(15)9-12/h12-14H,2-11,16H2,1H3. The van der Waals surface area contributed by atoms with Crippen molar-refractivity contribution in [2.24, 2.45) is 17.6 Å². The molecule has 0 spiro atoms. The third kappa shape index (κ3) is 1.76. The van der Waals surface area contributed by atoms with E-state index >= 15 is 0 Å². The van der Waals surface area contributed by atoms with Crippen molar-refractivity contribution in [2.45, 2.75) is 69.9 Å². The number of nitrogens with two attached hydrogens (primary N) is 1. The van der Waals surface area contributed by atoms with E-state index in [-0.39, 0.29) is 0 Å². The molecule has 98 valence electrons. The fourth-order valence-electron chi connectivity index (χ4n) is 5.15. The number of hydrogen-bond donors (Lipinski definition) is 1. The average Bonchev–Trinajstić information content (AvgIpc) is 2.99. The quantitative estimate of drug-likeness (QED) is 0.816. The first-order valence-corrected chi connectivity index (χ1v) is 7.77. The molecule has 0 aromatic carbocycles. The van der Waals surface area contributed by atoms with E-state index in [1.165, 1.54) is 57.9 Å². The van der Waals surface area contributed by atoms with E-state index in [4.69, 9.17) is 5.73 Å². The van der Waals surface area contributed by atoms with Crippen molar-refractivity contribution in [2.75, 3.05) is 13.1 Å². The molecule has 2 heteroatoms. The smallest absolute Gasteiger partial charge is 0.0365 e. The molecule has 3 fully saturated rings. The van der Waals surface area contributed by atoms with Crippen molar-refractivity contribution in [1.29, 1.82) is 0 Å². The van der Waals surface area contributed by atoms with E-state index < -0.39 is 0 Å². The predicted octanol–water partition coefficient (Wildman–Crippen LogP) is 2.77. The Hall–Kier alpha value is -0.0800. The van der Waals surface area contributed by atoms with Gasteiger partial charge in [0.25, 0.3) is 0 Å². The lowest BCUT2D eigenvalue weighted by Crippen LogP contribution is -2.61. The van der Waals surface area contributed by atoms with Gasteiger partial charge in [-0.2, -0.15) is 0 Å². The van der Waals surface area contributed by atoms with Crippen LogP contribution in [0.4, 0.5) is 0 Å². The summed E-state index contributed by atoms with van der Waals surface area (Å²) < 4.78 is 0. The highest BCUT2D eigenvalue weighted by atomic mass is 15.3. The Labute approximate surface area is 106 Å². The highest BCUT2D eigenvalue weighted by Crippen LogP contribution is 2.54. The number of likely N-dealkylation sites (tertiary alicyclic amines) is 1. The molecule has 1 saturated heterocycles. The number of hydrogen-bond acceptors (Lipinski definition) is 2. The molecule has 3 aliphatic rings. The molecular formula is C15H28N2. The fraction of sp³-hybridized carbons (Fsp3) is 1.00. The van der Waals surface area contributed by atoms with E-state index in [2.05, 4.69) is 11.8 Å². The van der Waals surface area contributed by atoms with Gasteiger partial charge in [0.1, 0.15) is 0 Å². The molecule has 2 saturated carbocycles. The molecule has 2 nitrogen and oxygen atoms in total. The SMILES string of the molecule is CCC1CCCCN1C1(CN)CC2CCC1C2. The summed E-state index contributed by atoms with van der Waals surface area (Å²) in [6, 6.07) is 0.826. The topological polar surface area (TPSA) is 29.3 Å². The predicted molar refractivity (Wildman–Crippen MR) is 71.9 cm³/mol. The van der Waals surface area contributed by atoms with Crippen LogP contribution in [0.1, 0.15) is 58.3 Å². The summed E-state index contributed by atoms with van der Waals surface area (Å²) >= 11 is 0. The van der Waals surface area contributed by atoms with Crippen molar-refractivity contribution >= 4 is 0 Å². The lowest BCUT2D eigenvalue weighted by Gasteiger charge is -2.52. The number of nitrogens with zero attached hydrogens (tertiary/aromatic N) is 1. The third-order valence-electron chi connectivity index (χ3n) is 5.97. The molecular weight excluding hydrogens is 208 g/mol. The number of rotatable bonds is 3. The minimum absolute atomic E-state index is 0.407. The molecule has 4 unspecified atom stereocenters. The summed E-state index contributed by atoms with van der Waals surface area (Å²) in [5.74, 6) is 1.92. The van der Waals surface area contributed by atoms with Gasteiger partial charge in [0.05, 0.1) is 0 Å². The van der Waals surface area contributed by atoms with Crippen molar-refractivity contribution in [1.82, 2.24) is 4.90 Å². The monoisotopic (exact) mass is 236 g/mol. The average molecular weight is 236 g/mol. The summed E-state index contributed by atoms with van der Waals surface area (Å²) in [7, 11) is 0. The molecule has 2 aliphatic carbocycles. The van der Waals surface area contributed by atoms with Gasteiger partial charge in [-0.05, 0) is 56.9 Å². The maximum Gasteiger partial charge on any atom is 0.0365 e.